The predicted molar refractivity (Wildman–Crippen MR) is 107 cm³/mol. The molecular weight excluding hydrogens is 388 g/mol. The molecular formula is C18H16N2O3S3. The van der Waals surface area contributed by atoms with E-state index < -0.39 is 18.0 Å². The van der Waals surface area contributed by atoms with Gasteiger partial charge in [0.1, 0.15) is 11.1 Å². The Labute approximate surface area is 164 Å². The molecule has 2 heterocycles. The van der Waals surface area contributed by atoms with Crippen LogP contribution in [0.25, 0.3) is 0 Å². The van der Waals surface area contributed by atoms with Crippen molar-refractivity contribution in [3.05, 3.63) is 52.4 Å². The predicted octanol–water partition coefficient (Wildman–Crippen LogP) is 4.28. The number of esters is 1. The first-order chi connectivity index (χ1) is 12.6. The van der Waals surface area contributed by atoms with Crippen LogP contribution in [0.2, 0.25) is 0 Å². The number of benzene rings is 1. The smallest absolute Gasteiger partial charge is 0.338 e. The molecule has 2 aromatic rings. The number of carbonyl (C=O) groups excluding carboxylic acids is 2. The molecule has 1 N–H and O–H groups in total. The van der Waals surface area contributed by atoms with Crippen molar-refractivity contribution in [2.24, 2.45) is 0 Å². The highest BCUT2D eigenvalue weighted by Crippen LogP contribution is 2.45. The van der Waals surface area contributed by atoms with Crippen LogP contribution in [0.15, 0.2) is 35.7 Å². The van der Waals surface area contributed by atoms with Crippen LogP contribution in [0.3, 0.4) is 0 Å². The quantitative estimate of drug-likeness (QED) is 0.749. The fraction of sp³-hybridized carbons (Fsp3) is 0.278. The molecule has 5 nitrogen and oxygen atoms in total. The molecule has 0 aliphatic carbocycles. The van der Waals surface area contributed by atoms with E-state index in [9.17, 15) is 9.59 Å². The molecule has 1 fully saturated rings. The lowest BCUT2D eigenvalue weighted by Gasteiger charge is -2.13. The second-order valence-corrected chi connectivity index (χ2v) is 9.15. The average molecular weight is 405 g/mol. The minimum absolute atomic E-state index is 0.389. The Morgan fingerprint density at radius 3 is 2.58 bits per heavy atom. The number of ether oxygens (including phenoxy) is 1. The maximum atomic E-state index is 12.3. The van der Waals surface area contributed by atoms with E-state index >= 15 is 0 Å². The summed E-state index contributed by atoms with van der Waals surface area (Å²) in [5.74, 6) is 1.28. The number of rotatable bonds is 5. The van der Waals surface area contributed by atoms with E-state index in [-0.39, 0.29) is 0 Å². The summed E-state index contributed by atoms with van der Waals surface area (Å²) in [6, 6.07) is 11.0. The molecule has 8 heteroatoms. The maximum Gasteiger partial charge on any atom is 0.338 e. The summed E-state index contributed by atoms with van der Waals surface area (Å²) >= 11 is 5.05. The van der Waals surface area contributed by atoms with Crippen LogP contribution >= 0.6 is 34.9 Å². The highest BCUT2D eigenvalue weighted by atomic mass is 32.2. The van der Waals surface area contributed by atoms with Crippen molar-refractivity contribution < 1.29 is 14.3 Å². The third-order valence-electron chi connectivity index (χ3n) is 3.72. The first-order valence-electron chi connectivity index (χ1n) is 7.91. The monoisotopic (exact) mass is 404 g/mol. The number of thioether (sulfide) groups is 2. The van der Waals surface area contributed by atoms with Crippen molar-refractivity contribution in [2.75, 3.05) is 16.8 Å². The molecule has 26 heavy (non-hydrogen) atoms. The number of nitriles is 1. The summed E-state index contributed by atoms with van der Waals surface area (Å²) < 4.78 is 5.67. The van der Waals surface area contributed by atoms with Gasteiger partial charge in [-0.15, -0.1) is 34.9 Å². The normalized spacial score (nSPS) is 15.2. The zero-order valence-corrected chi connectivity index (χ0v) is 16.4. The molecule has 0 unspecified atom stereocenters. The fourth-order valence-corrected chi connectivity index (χ4v) is 5.92. The standard InChI is InChI=1S/C18H16N2O3S3/c1-11(15(21)20-16-14(10-19)6-7-24-16)23-17(22)12-2-4-13(5-3-12)18-25-8-9-26-18/h2-7,11,18H,8-9H2,1H3,(H,20,21)/t11-/m1/s1. The van der Waals surface area contributed by atoms with E-state index in [0.29, 0.717) is 20.7 Å². The van der Waals surface area contributed by atoms with Crippen LogP contribution < -0.4 is 5.32 Å². The molecule has 1 aliphatic rings. The van der Waals surface area contributed by atoms with Gasteiger partial charge in [-0.2, -0.15) is 5.26 Å². The second-order valence-electron chi connectivity index (χ2n) is 5.51. The topological polar surface area (TPSA) is 79.2 Å². The van der Waals surface area contributed by atoms with Gasteiger partial charge in [0.2, 0.25) is 0 Å². The SMILES string of the molecule is C[C@@H](OC(=O)c1ccc(C2SCCS2)cc1)C(=O)Nc1sccc1C#N. The first-order valence-corrected chi connectivity index (χ1v) is 10.9. The zero-order valence-electron chi connectivity index (χ0n) is 13.9. The molecule has 1 amide bonds. The van der Waals surface area contributed by atoms with Crippen molar-refractivity contribution in [1.29, 1.82) is 5.26 Å². The molecule has 1 saturated heterocycles. The van der Waals surface area contributed by atoms with Gasteiger partial charge in [-0.25, -0.2) is 4.79 Å². The lowest BCUT2D eigenvalue weighted by atomic mass is 10.1. The van der Waals surface area contributed by atoms with Crippen LogP contribution in [0.5, 0.6) is 0 Å². The van der Waals surface area contributed by atoms with E-state index in [4.69, 9.17) is 10.00 Å². The second kappa shape index (κ2) is 8.62. The van der Waals surface area contributed by atoms with Crippen molar-refractivity contribution in [1.82, 2.24) is 0 Å². The van der Waals surface area contributed by atoms with E-state index in [0.717, 1.165) is 11.5 Å². The molecule has 1 atom stereocenters. The molecule has 134 valence electrons. The van der Waals surface area contributed by atoms with Gasteiger partial charge in [0, 0.05) is 11.5 Å². The third-order valence-corrected chi connectivity index (χ3v) is 7.65. The van der Waals surface area contributed by atoms with Crippen LogP contribution in [0.1, 0.15) is 33.0 Å². The van der Waals surface area contributed by atoms with E-state index in [1.165, 1.54) is 23.8 Å². The van der Waals surface area contributed by atoms with Crippen LogP contribution in [0.4, 0.5) is 5.00 Å². The Morgan fingerprint density at radius 2 is 1.92 bits per heavy atom. The molecule has 0 radical (unpaired) electrons. The van der Waals surface area contributed by atoms with Crippen LogP contribution in [-0.4, -0.2) is 29.5 Å². The van der Waals surface area contributed by atoms with Crippen molar-refractivity contribution in [3.63, 3.8) is 0 Å². The lowest BCUT2D eigenvalue weighted by molar-refractivity contribution is -0.123. The minimum Gasteiger partial charge on any atom is -0.449 e. The Bertz CT molecular complexity index is 836. The highest BCUT2D eigenvalue weighted by molar-refractivity contribution is 8.19. The molecule has 1 aliphatic heterocycles. The number of hydrogen-bond donors (Lipinski definition) is 1. The maximum absolute atomic E-state index is 12.3. The zero-order chi connectivity index (χ0) is 18.5. The molecule has 1 aromatic heterocycles. The number of thiophene rings is 1. The van der Waals surface area contributed by atoms with Crippen LogP contribution in [0, 0.1) is 11.3 Å². The largest absolute Gasteiger partial charge is 0.449 e. The minimum atomic E-state index is -0.961. The van der Waals surface area contributed by atoms with Gasteiger partial charge >= 0.3 is 5.97 Å². The number of nitrogens with one attached hydrogen (secondary N) is 1. The van der Waals surface area contributed by atoms with Gasteiger partial charge in [0.25, 0.3) is 5.91 Å². The molecule has 0 spiro atoms. The Kier molecular flexibility index (Phi) is 6.25. The average Bonchev–Trinajstić information content (AvgIpc) is 3.33. The van der Waals surface area contributed by atoms with Gasteiger partial charge in [-0.3, -0.25) is 4.79 Å². The number of amides is 1. The van der Waals surface area contributed by atoms with Gasteiger partial charge < -0.3 is 10.1 Å². The van der Waals surface area contributed by atoms with Gasteiger partial charge in [0.15, 0.2) is 6.10 Å². The third kappa shape index (κ3) is 4.41. The molecule has 0 bridgehead atoms. The van der Waals surface area contributed by atoms with Gasteiger partial charge in [0.05, 0.1) is 15.7 Å². The summed E-state index contributed by atoms with van der Waals surface area (Å²) in [7, 11) is 0. The highest BCUT2D eigenvalue weighted by Gasteiger charge is 2.22. The van der Waals surface area contributed by atoms with Crippen LogP contribution in [-0.2, 0) is 9.53 Å². The lowest BCUT2D eigenvalue weighted by Crippen LogP contribution is -2.29. The number of carbonyl (C=O) groups is 2. The van der Waals surface area contributed by atoms with Crippen molar-refractivity contribution in [2.45, 2.75) is 17.6 Å². The summed E-state index contributed by atoms with van der Waals surface area (Å²) in [4.78, 5) is 24.4. The summed E-state index contributed by atoms with van der Waals surface area (Å²) in [5.41, 5.74) is 1.98. The Hall–Kier alpha value is -1.95. The summed E-state index contributed by atoms with van der Waals surface area (Å²) in [5, 5.41) is 13.8. The van der Waals surface area contributed by atoms with E-state index in [1.807, 2.05) is 41.7 Å². The van der Waals surface area contributed by atoms with E-state index in [1.54, 1.807) is 23.6 Å². The Morgan fingerprint density at radius 1 is 1.23 bits per heavy atom. The number of nitrogens with zero attached hydrogens (tertiary/aromatic N) is 1. The van der Waals surface area contributed by atoms with Gasteiger partial charge in [-0.1, -0.05) is 12.1 Å². The van der Waals surface area contributed by atoms with Gasteiger partial charge in [-0.05, 0) is 36.1 Å². The number of anilines is 1. The molecule has 1 aromatic carbocycles. The van der Waals surface area contributed by atoms with Crippen molar-refractivity contribution in [3.8, 4) is 6.07 Å². The summed E-state index contributed by atoms with van der Waals surface area (Å²) in [6.07, 6.45) is -0.961. The Balaban J connectivity index is 1.58. The first kappa shape index (κ1) is 18.8. The van der Waals surface area contributed by atoms with E-state index in [2.05, 4.69) is 5.32 Å². The van der Waals surface area contributed by atoms with Crippen molar-refractivity contribution >= 4 is 51.7 Å². The summed E-state index contributed by atoms with van der Waals surface area (Å²) in [6.45, 7) is 1.51. The number of hydrogen-bond acceptors (Lipinski definition) is 7. The molecule has 3 rings (SSSR count). The fourth-order valence-electron chi connectivity index (χ4n) is 2.32. The molecule has 0 saturated carbocycles.